The van der Waals surface area contributed by atoms with Crippen LogP contribution in [0.1, 0.15) is 19.3 Å². The van der Waals surface area contributed by atoms with E-state index in [2.05, 4.69) is 10.2 Å². The van der Waals surface area contributed by atoms with Crippen molar-refractivity contribution in [3.63, 3.8) is 0 Å². The fraction of sp³-hybridized carbons (Fsp3) is 1.00. The Labute approximate surface area is 90.1 Å². The number of hydrogen-bond acceptors (Lipinski definition) is 6. The maximum absolute atomic E-state index is 6.04. The lowest BCUT2D eigenvalue weighted by atomic mass is 10.0. The molecule has 0 aliphatic carbocycles. The van der Waals surface area contributed by atoms with Crippen LogP contribution in [0.25, 0.3) is 0 Å². The SMILES string of the molecule is NN1CCC2NCCC3N(N)CCC1N23. The first kappa shape index (κ1) is 9.95. The van der Waals surface area contributed by atoms with Crippen molar-refractivity contribution in [1.82, 2.24) is 20.2 Å². The molecule has 0 spiro atoms. The summed E-state index contributed by atoms with van der Waals surface area (Å²) in [6, 6.07) is 0. The third kappa shape index (κ3) is 1.49. The molecule has 3 fully saturated rings. The summed E-state index contributed by atoms with van der Waals surface area (Å²) in [5.74, 6) is 12.1. The molecular weight excluding hydrogens is 192 g/mol. The van der Waals surface area contributed by atoms with E-state index in [-0.39, 0.29) is 0 Å². The average molecular weight is 212 g/mol. The predicted octanol–water partition coefficient (Wildman–Crippen LogP) is -1.58. The molecule has 3 heterocycles. The zero-order valence-corrected chi connectivity index (χ0v) is 8.97. The van der Waals surface area contributed by atoms with Gasteiger partial charge in [-0.2, -0.15) is 0 Å². The highest BCUT2D eigenvalue weighted by molar-refractivity contribution is 4.93. The summed E-state index contributed by atoms with van der Waals surface area (Å²) >= 11 is 0. The van der Waals surface area contributed by atoms with Crippen LogP contribution in [0.3, 0.4) is 0 Å². The molecule has 3 rings (SSSR count). The van der Waals surface area contributed by atoms with Gasteiger partial charge >= 0.3 is 0 Å². The molecule has 3 aliphatic rings. The highest BCUT2D eigenvalue weighted by atomic mass is 15.6. The molecule has 0 aromatic carbocycles. The van der Waals surface area contributed by atoms with Gasteiger partial charge in [-0.3, -0.25) is 16.6 Å². The van der Waals surface area contributed by atoms with Gasteiger partial charge in [0.25, 0.3) is 0 Å². The molecule has 15 heavy (non-hydrogen) atoms. The van der Waals surface area contributed by atoms with E-state index in [1.54, 1.807) is 0 Å². The van der Waals surface area contributed by atoms with Gasteiger partial charge < -0.3 is 5.32 Å². The number of nitrogens with two attached hydrogens (primary N) is 2. The Morgan fingerprint density at radius 2 is 1.60 bits per heavy atom. The largest absolute Gasteiger partial charge is 0.301 e. The molecule has 0 amide bonds. The number of hydrazine groups is 2. The van der Waals surface area contributed by atoms with E-state index in [4.69, 9.17) is 11.7 Å². The van der Waals surface area contributed by atoms with Crippen molar-refractivity contribution in [3.05, 3.63) is 0 Å². The fourth-order valence-corrected chi connectivity index (χ4v) is 3.16. The lowest BCUT2D eigenvalue weighted by molar-refractivity contribution is -0.164. The van der Waals surface area contributed by atoms with E-state index >= 15 is 0 Å². The second kappa shape index (κ2) is 3.65. The van der Waals surface area contributed by atoms with Crippen LogP contribution in [-0.2, 0) is 0 Å². The third-order valence-corrected chi connectivity index (χ3v) is 3.90. The van der Waals surface area contributed by atoms with Crippen molar-refractivity contribution in [2.24, 2.45) is 11.7 Å². The van der Waals surface area contributed by atoms with Crippen LogP contribution in [0.2, 0.25) is 0 Å². The monoisotopic (exact) mass is 212 g/mol. The highest BCUT2D eigenvalue weighted by Gasteiger charge is 2.45. The number of hydrogen-bond donors (Lipinski definition) is 3. The van der Waals surface area contributed by atoms with Crippen molar-refractivity contribution >= 4 is 0 Å². The molecule has 5 N–H and O–H groups in total. The molecule has 0 radical (unpaired) electrons. The molecule has 0 bridgehead atoms. The van der Waals surface area contributed by atoms with E-state index in [0.717, 1.165) is 38.9 Å². The summed E-state index contributed by atoms with van der Waals surface area (Å²) in [7, 11) is 0. The first-order valence-electron chi connectivity index (χ1n) is 5.81. The van der Waals surface area contributed by atoms with Crippen LogP contribution < -0.4 is 17.0 Å². The fourth-order valence-electron chi connectivity index (χ4n) is 3.16. The standard InChI is InChI=1S/C9H20N6/c10-13-5-2-7-12-4-1-8-14(11)6-3-9(13)15(7)8/h7-9,12H,1-6,10-11H2. The summed E-state index contributed by atoms with van der Waals surface area (Å²) in [4.78, 5) is 2.45. The minimum atomic E-state index is 0.376. The van der Waals surface area contributed by atoms with E-state index in [1.807, 2.05) is 10.0 Å². The third-order valence-electron chi connectivity index (χ3n) is 3.90. The molecular formula is C9H20N6. The first-order chi connectivity index (χ1) is 7.27. The van der Waals surface area contributed by atoms with Crippen molar-refractivity contribution in [1.29, 1.82) is 0 Å². The molecule has 6 nitrogen and oxygen atoms in total. The van der Waals surface area contributed by atoms with E-state index in [1.165, 1.54) is 0 Å². The van der Waals surface area contributed by atoms with E-state index in [0.29, 0.717) is 18.5 Å². The van der Waals surface area contributed by atoms with Crippen LogP contribution in [0.5, 0.6) is 0 Å². The topological polar surface area (TPSA) is 73.8 Å². The van der Waals surface area contributed by atoms with Gasteiger partial charge in [-0.25, -0.2) is 10.0 Å². The summed E-state index contributed by atoms with van der Waals surface area (Å²) in [5, 5.41) is 7.50. The predicted molar refractivity (Wildman–Crippen MR) is 56.8 cm³/mol. The van der Waals surface area contributed by atoms with Gasteiger partial charge in [0, 0.05) is 13.1 Å². The van der Waals surface area contributed by atoms with Crippen molar-refractivity contribution < 1.29 is 0 Å². The van der Waals surface area contributed by atoms with Gasteiger partial charge in [-0.15, -0.1) is 0 Å². The van der Waals surface area contributed by atoms with Gasteiger partial charge in [0.05, 0.1) is 18.5 Å². The van der Waals surface area contributed by atoms with Crippen LogP contribution in [0.4, 0.5) is 0 Å². The normalized spacial score (nSPS) is 44.0. The molecule has 0 saturated carbocycles. The Morgan fingerprint density at radius 3 is 2.40 bits per heavy atom. The molecule has 3 unspecified atom stereocenters. The lowest BCUT2D eigenvalue weighted by Crippen LogP contribution is -2.75. The van der Waals surface area contributed by atoms with Gasteiger partial charge in [0.2, 0.25) is 0 Å². The first-order valence-corrected chi connectivity index (χ1v) is 5.81. The number of rotatable bonds is 0. The Bertz CT molecular complexity index is 241. The van der Waals surface area contributed by atoms with Crippen LogP contribution in [0.15, 0.2) is 0 Å². The Kier molecular flexibility index (Phi) is 2.42. The van der Waals surface area contributed by atoms with E-state index < -0.39 is 0 Å². The van der Waals surface area contributed by atoms with Crippen LogP contribution in [-0.4, -0.2) is 53.0 Å². The second-order valence-electron chi connectivity index (χ2n) is 4.72. The minimum Gasteiger partial charge on any atom is -0.301 e. The molecule has 0 aromatic heterocycles. The number of nitrogens with zero attached hydrogens (tertiary/aromatic N) is 3. The minimum absolute atomic E-state index is 0.376. The zero-order valence-electron chi connectivity index (χ0n) is 8.97. The molecule has 6 heteroatoms. The molecule has 3 saturated heterocycles. The maximum atomic E-state index is 6.04. The Morgan fingerprint density at radius 1 is 0.933 bits per heavy atom. The summed E-state index contributed by atoms with van der Waals surface area (Å²) in [6.45, 7) is 3.00. The van der Waals surface area contributed by atoms with Gasteiger partial charge in [0.15, 0.2) is 0 Å². The highest BCUT2D eigenvalue weighted by Crippen LogP contribution is 2.30. The Hall–Kier alpha value is -0.240. The summed E-state index contributed by atoms with van der Waals surface area (Å²) in [5.41, 5.74) is 0. The smallest absolute Gasteiger partial charge is 0.0794 e. The molecule has 86 valence electrons. The molecule has 0 aromatic rings. The van der Waals surface area contributed by atoms with Gasteiger partial charge in [0.1, 0.15) is 0 Å². The number of nitrogens with one attached hydrogen (secondary N) is 1. The van der Waals surface area contributed by atoms with E-state index in [9.17, 15) is 0 Å². The lowest BCUT2D eigenvalue weighted by Gasteiger charge is -2.57. The summed E-state index contributed by atoms with van der Waals surface area (Å²) < 4.78 is 0. The van der Waals surface area contributed by atoms with Crippen molar-refractivity contribution in [3.8, 4) is 0 Å². The maximum Gasteiger partial charge on any atom is 0.0794 e. The quantitative estimate of drug-likeness (QED) is 0.421. The molecule has 3 atom stereocenters. The van der Waals surface area contributed by atoms with Gasteiger partial charge in [-0.1, -0.05) is 0 Å². The zero-order chi connectivity index (χ0) is 10.4. The van der Waals surface area contributed by atoms with Gasteiger partial charge in [-0.05, 0) is 25.8 Å². The molecule has 3 aliphatic heterocycles. The van der Waals surface area contributed by atoms with Crippen LogP contribution in [0, 0.1) is 0 Å². The van der Waals surface area contributed by atoms with Crippen LogP contribution >= 0.6 is 0 Å². The second-order valence-corrected chi connectivity index (χ2v) is 4.72. The average Bonchev–Trinajstić information content (AvgIpc) is 2.26. The van der Waals surface area contributed by atoms with Crippen molar-refractivity contribution in [2.75, 3.05) is 19.6 Å². The van der Waals surface area contributed by atoms with Crippen molar-refractivity contribution in [2.45, 2.75) is 37.8 Å². The Balaban J connectivity index is 1.86. The summed E-state index contributed by atoms with van der Waals surface area (Å²) in [6.07, 6.45) is 4.46.